The molecule has 0 spiro atoms. The smallest absolute Gasteiger partial charge is 0.407 e. The number of carbonyl (C=O) groups is 1. The molecular formula is C16H30N4O2. The molecule has 6 nitrogen and oxygen atoms in total. The molecule has 1 aromatic heterocycles. The molecule has 1 heterocycles. The predicted molar refractivity (Wildman–Crippen MR) is 87.6 cm³/mol. The largest absolute Gasteiger partial charge is 0.444 e. The molecule has 2 N–H and O–H groups in total. The third-order valence-electron chi connectivity index (χ3n) is 3.36. The monoisotopic (exact) mass is 310 g/mol. The summed E-state index contributed by atoms with van der Waals surface area (Å²) < 4.78 is 7.06. The SMILES string of the molecule is CC(NC(CNC(=O)OC(C)(C)C)C(C)C)c1cnn(C)c1. The molecule has 2 atom stereocenters. The number of hydrogen-bond acceptors (Lipinski definition) is 4. The average Bonchev–Trinajstić information content (AvgIpc) is 2.78. The first-order valence-electron chi connectivity index (χ1n) is 7.80. The Morgan fingerprint density at radius 3 is 2.45 bits per heavy atom. The number of nitrogens with zero attached hydrogens (tertiary/aromatic N) is 2. The first kappa shape index (κ1) is 18.5. The van der Waals surface area contributed by atoms with Crippen molar-refractivity contribution in [3.05, 3.63) is 18.0 Å². The minimum absolute atomic E-state index is 0.155. The lowest BCUT2D eigenvalue weighted by Gasteiger charge is -2.27. The van der Waals surface area contributed by atoms with E-state index in [1.807, 2.05) is 40.2 Å². The van der Waals surface area contributed by atoms with Gasteiger partial charge in [0.1, 0.15) is 5.60 Å². The molecule has 0 saturated carbocycles. The summed E-state index contributed by atoms with van der Waals surface area (Å²) in [5.41, 5.74) is 0.652. The van der Waals surface area contributed by atoms with Crippen LogP contribution in [-0.2, 0) is 11.8 Å². The van der Waals surface area contributed by atoms with Gasteiger partial charge in [-0.05, 0) is 33.6 Å². The van der Waals surface area contributed by atoms with Gasteiger partial charge in [0.05, 0.1) is 6.20 Å². The van der Waals surface area contributed by atoms with Crippen LogP contribution in [0.1, 0.15) is 53.1 Å². The van der Waals surface area contributed by atoms with Gasteiger partial charge < -0.3 is 15.4 Å². The van der Waals surface area contributed by atoms with Gasteiger partial charge in [-0.2, -0.15) is 5.10 Å². The minimum atomic E-state index is -0.478. The Morgan fingerprint density at radius 1 is 1.36 bits per heavy atom. The number of aromatic nitrogens is 2. The second-order valence-electron chi connectivity index (χ2n) is 7.07. The highest BCUT2D eigenvalue weighted by atomic mass is 16.6. The molecule has 0 aromatic carbocycles. The van der Waals surface area contributed by atoms with Crippen LogP contribution in [0.15, 0.2) is 12.4 Å². The number of hydrogen-bond donors (Lipinski definition) is 2. The Bertz CT molecular complexity index is 477. The Labute approximate surface area is 133 Å². The van der Waals surface area contributed by atoms with Crippen molar-refractivity contribution in [1.29, 1.82) is 0 Å². The summed E-state index contributed by atoms with van der Waals surface area (Å²) in [7, 11) is 1.90. The normalized spacial score (nSPS) is 14.7. The molecule has 1 rings (SSSR count). The van der Waals surface area contributed by atoms with Crippen LogP contribution >= 0.6 is 0 Å². The van der Waals surface area contributed by atoms with Crippen LogP contribution in [0.2, 0.25) is 0 Å². The lowest BCUT2D eigenvalue weighted by Crippen LogP contribution is -2.46. The van der Waals surface area contributed by atoms with Crippen LogP contribution < -0.4 is 10.6 Å². The van der Waals surface area contributed by atoms with Gasteiger partial charge in [-0.15, -0.1) is 0 Å². The van der Waals surface area contributed by atoms with Gasteiger partial charge in [-0.25, -0.2) is 4.79 Å². The van der Waals surface area contributed by atoms with Crippen molar-refractivity contribution < 1.29 is 9.53 Å². The predicted octanol–water partition coefficient (Wildman–Crippen LogP) is 2.62. The summed E-state index contributed by atoms with van der Waals surface area (Å²) in [5.74, 6) is 0.383. The van der Waals surface area contributed by atoms with Gasteiger partial charge in [0.2, 0.25) is 0 Å². The molecule has 0 radical (unpaired) electrons. The Morgan fingerprint density at radius 2 is 2.00 bits per heavy atom. The molecule has 0 fully saturated rings. The number of rotatable bonds is 6. The number of amides is 1. The van der Waals surface area contributed by atoms with Crippen LogP contribution in [-0.4, -0.2) is 34.1 Å². The van der Waals surface area contributed by atoms with Gasteiger partial charge in [-0.1, -0.05) is 13.8 Å². The first-order chi connectivity index (χ1) is 10.1. The van der Waals surface area contributed by atoms with E-state index in [2.05, 4.69) is 36.5 Å². The standard InChI is InChI=1S/C16H30N4O2/c1-11(2)14(9-17-15(21)22-16(4,5)6)19-12(3)13-8-18-20(7)10-13/h8,10-12,14,19H,9H2,1-7H3,(H,17,21). The minimum Gasteiger partial charge on any atom is -0.444 e. The van der Waals surface area contributed by atoms with Crippen LogP contribution in [0.4, 0.5) is 4.79 Å². The Kier molecular flexibility index (Phi) is 6.41. The topological polar surface area (TPSA) is 68.2 Å². The van der Waals surface area contributed by atoms with Gasteiger partial charge in [0.25, 0.3) is 0 Å². The second kappa shape index (κ2) is 7.63. The van der Waals surface area contributed by atoms with Crippen LogP contribution in [0.5, 0.6) is 0 Å². The molecule has 126 valence electrons. The lowest BCUT2D eigenvalue weighted by molar-refractivity contribution is 0.0518. The van der Waals surface area contributed by atoms with E-state index in [9.17, 15) is 4.79 Å². The molecule has 2 unspecified atom stereocenters. The van der Waals surface area contributed by atoms with Crippen molar-refractivity contribution in [3.8, 4) is 0 Å². The fraction of sp³-hybridized carbons (Fsp3) is 0.750. The third-order valence-corrected chi connectivity index (χ3v) is 3.36. The van der Waals surface area contributed by atoms with Gasteiger partial charge in [0.15, 0.2) is 0 Å². The van der Waals surface area contributed by atoms with Crippen LogP contribution in [0.3, 0.4) is 0 Å². The number of nitrogens with one attached hydrogen (secondary N) is 2. The van der Waals surface area contributed by atoms with Crippen LogP contribution in [0, 0.1) is 5.92 Å². The number of alkyl carbamates (subject to hydrolysis) is 1. The van der Waals surface area contributed by atoms with Crippen molar-refractivity contribution in [2.75, 3.05) is 6.54 Å². The van der Waals surface area contributed by atoms with Gasteiger partial charge in [0, 0.05) is 37.4 Å². The molecule has 0 aliphatic heterocycles. The van der Waals surface area contributed by atoms with E-state index in [4.69, 9.17) is 4.74 Å². The number of carbonyl (C=O) groups excluding carboxylic acids is 1. The lowest BCUT2D eigenvalue weighted by atomic mass is 10.0. The zero-order valence-electron chi connectivity index (χ0n) is 14.8. The van der Waals surface area contributed by atoms with E-state index >= 15 is 0 Å². The molecule has 22 heavy (non-hydrogen) atoms. The summed E-state index contributed by atoms with van der Waals surface area (Å²) in [6.07, 6.45) is 3.47. The van der Waals surface area contributed by atoms with Gasteiger partial charge in [-0.3, -0.25) is 4.68 Å². The molecule has 1 amide bonds. The summed E-state index contributed by atoms with van der Waals surface area (Å²) in [4.78, 5) is 11.8. The van der Waals surface area contributed by atoms with Crippen molar-refractivity contribution in [1.82, 2.24) is 20.4 Å². The van der Waals surface area contributed by atoms with Crippen molar-refractivity contribution >= 4 is 6.09 Å². The quantitative estimate of drug-likeness (QED) is 0.847. The fourth-order valence-corrected chi connectivity index (χ4v) is 2.08. The molecule has 0 bridgehead atoms. The molecule has 0 saturated heterocycles. The summed E-state index contributed by atoms with van der Waals surface area (Å²) >= 11 is 0. The van der Waals surface area contributed by atoms with Crippen molar-refractivity contribution in [2.24, 2.45) is 13.0 Å². The average molecular weight is 310 g/mol. The molecule has 0 aliphatic carbocycles. The Hall–Kier alpha value is -1.56. The molecule has 1 aromatic rings. The highest BCUT2D eigenvalue weighted by Crippen LogP contribution is 2.14. The molecule has 0 aliphatic rings. The van der Waals surface area contributed by atoms with E-state index < -0.39 is 5.60 Å². The van der Waals surface area contributed by atoms with Crippen LogP contribution in [0.25, 0.3) is 0 Å². The summed E-state index contributed by atoms with van der Waals surface area (Å²) in [6.45, 7) is 12.4. The molecular weight excluding hydrogens is 280 g/mol. The van der Waals surface area contributed by atoms with E-state index in [0.717, 1.165) is 5.56 Å². The zero-order valence-corrected chi connectivity index (χ0v) is 14.8. The summed E-state index contributed by atoms with van der Waals surface area (Å²) in [5, 5.41) is 10.6. The highest BCUT2D eigenvalue weighted by Gasteiger charge is 2.21. The highest BCUT2D eigenvalue weighted by molar-refractivity contribution is 5.67. The maximum atomic E-state index is 11.8. The third kappa shape index (κ3) is 6.47. The van der Waals surface area contributed by atoms with Gasteiger partial charge >= 0.3 is 6.09 Å². The number of aryl methyl sites for hydroxylation is 1. The maximum absolute atomic E-state index is 11.8. The zero-order chi connectivity index (χ0) is 16.9. The Balaban J connectivity index is 2.53. The first-order valence-corrected chi connectivity index (χ1v) is 7.80. The maximum Gasteiger partial charge on any atom is 0.407 e. The van der Waals surface area contributed by atoms with Crippen molar-refractivity contribution in [3.63, 3.8) is 0 Å². The number of ether oxygens (including phenoxy) is 1. The van der Waals surface area contributed by atoms with E-state index in [1.54, 1.807) is 4.68 Å². The molecule has 6 heteroatoms. The van der Waals surface area contributed by atoms with E-state index in [-0.39, 0.29) is 18.2 Å². The van der Waals surface area contributed by atoms with E-state index in [1.165, 1.54) is 0 Å². The fourth-order valence-electron chi connectivity index (χ4n) is 2.08. The second-order valence-corrected chi connectivity index (χ2v) is 7.07. The van der Waals surface area contributed by atoms with E-state index in [0.29, 0.717) is 12.5 Å². The summed E-state index contributed by atoms with van der Waals surface area (Å²) in [6, 6.07) is 0.323. The van der Waals surface area contributed by atoms with Crippen molar-refractivity contribution in [2.45, 2.75) is 59.2 Å².